The minimum absolute atomic E-state index is 0.0133. The molecule has 2 N–H and O–H groups in total. The molecule has 128 valence electrons. The fraction of sp³-hybridized carbons (Fsp3) is 0.235. The Hall–Kier alpha value is -2.54. The summed E-state index contributed by atoms with van der Waals surface area (Å²) in [6, 6.07) is 12.7. The number of halogens is 3. The second-order valence-corrected chi connectivity index (χ2v) is 5.14. The number of hydrogen-bond donors (Lipinski definition) is 2. The molecule has 0 aliphatic rings. The molecule has 7 heteroatoms. The number of aliphatic hydroxyl groups excluding tert-OH is 1. The van der Waals surface area contributed by atoms with Crippen LogP contribution in [0.1, 0.15) is 17.2 Å². The predicted molar refractivity (Wildman–Crippen MR) is 82.8 cm³/mol. The van der Waals surface area contributed by atoms with Crippen LogP contribution in [0, 0.1) is 6.92 Å². The van der Waals surface area contributed by atoms with Crippen LogP contribution in [0.5, 0.6) is 5.75 Å². The van der Waals surface area contributed by atoms with Gasteiger partial charge in [-0.15, -0.1) is 0 Å². The predicted octanol–water partition coefficient (Wildman–Crippen LogP) is 3.61. The van der Waals surface area contributed by atoms with Crippen LogP contribution in [0.25, 0.3) is 0 Å². The van der Waals surface area contributed by atoms with Crippen molar-refractivity contribution in [1.29, 1.82) is 0 Å². The number of ether oxygens (including phenoxy) is 1. The summed E-state index contributed by atoms with van der Waals surface area (Å²) in [7, 11) is 0. The summed E-state index contributed by atoms with van der Waals surface area (Å²) in [6.45, 7) is 0.105. The maximum atomic E-state index is 12.2. The van der Waals surface area contributed by atoms with Gasteiger partial charge in [0.05, 0.1) is 0 Å². The zero-order valence-electron chi connectivity index (χ0n) is 12.8. The number of nitrogens with one attached hydrogen (secondary N) is 1. The fourth-order valence-electron chi connectivity index (χ4n) is 2.05. The van der Waals surface area contributed by atoms with Crippen LogP contribution in [0.2, 0.25) is 0 Å². The van der Waals surface area contributed by atoms with Crippen molar-refractivity contribution in [3.8, 4) is 5.75 Å². The molecule has 0 aliphatic carbocycles. The minimum atomic E-state index is -4.45. The summed E-state index contributed by atoms with van der Waals surface area (Å²) in [6.07, 6.45) is -5.83. The zero-order chi connectivity index (χ0) is 17.7. The highest BCUT2D eigenvalue weighted by Crippen LogP contribution is 2.28. The summed E-state index contributed by atoms with van der Waals surface area (Å²) in [4.78, 5) is 12.1. The topological polar surface area (TPSA) is 58.6 Å². The smallest absolute Gasteiger partial charge is 0.422 e. The number of anilines is 1. The minimum Gasteiger partial charge on any atom is -0.484 e. The summed E-state index contributed by atoms with van der Waals surface area (Å²) >= 11 is 0. The van der Waals surface area contributed by atoms with Gasteiger partial charge < -0.3 is 15.2 Å². The number of benzene rings is 2. The van der Waals surface area contributed by atoms with Gasteiger partial charge in [0.2, 0.25) is 0 Å². The van der Waals surface area contributed by atoms with Crippen molar-refractivity contribution in [2.75, 3.05) is 11.9 Å². The Balaban J connectivity index is 2.11. The number of alkyl halides is 3. The van der Waals surface area contributed by atoms with Crippen LogP contribution < -0.4 is 10.1 Å². The molecule has 0 spiro atoms. The first-order chi connectivity index (χ1) is 11.3. The van der Waals surface area contributed by atoms with Crippen molar-refractivity contribution >= 4 is 11.6 Å². The van der Waals surface area contributed by atoms with E-state index in [1.54, 1.807) is 30.3 Å². The molecule has 1 unspecified atom stereocenters. The van der Waals surface area contributed by atoms with E-state index in [1.165, 1.54) is 25.1 Å². The first-order valence-corrected chi connectivity index (χ1v) is 7.11. The Kier molecular flexibility index (Phi) is 5.46. The lowest BCUT2D eigenvalue weighted by Gasteiger charge is -2.16. The van der Waals surface area contributed by atoms with E-state index >= 15 is 0 Å². The molecule has 0 saturated heterocycles. The maximum absolute atomic E-state index is 12.2. The third kappa shape index (κ3) is 4.73. The Morgan fingerprint density at radius 1 is 1.17 bits per heavy atom. The van der Waals surface area contributed by atoms with Crippen LogP contribution in [-0.2, 0) is 4.79 Å². The Labute approximate surface area is 136 Å². The van der Waals surface area contributed by atoms with Crippen LogP contribution in [0.15, 0.2) is 48.5 Å². The lowest BCUT2D eigenvalue weighted by Crippen LogP contribution is -2.22. The zero-order valence-corrected chi connectivity index (χ0v) is 12.8. The first kappa shape index (κ1) is 17.8. The van der Waals surface area contributed by atoms with E-state index in [0.717, 1.165) is 0 Å². The van der Waals surface area contributed by atoms with Gasteiger partial charge in [-0.1, -0.05) is 36.4 Å². The SMILES string of the molecule is Cc1c(NC(=O)C(O)c2ccccc2)cccc1OCC(F)(F)F. The molecule has 0 radical (unpaired) electrons. The number of aliphatic hydroxyl groups is 1. The van der Waals surface area contributed by atoms with Gasteiger partial charge in [-0.3, -0.25) is 4.79 Å². The lowest BCUT2D eigenvalue weighted by atomic mass is 10.1. The van der Waals surface area contributed by atoms with Gasteiger partial charge in [-0.25, -0.2) is 0 Å². The van der Waals surface area contributed by atoms with Gasteiger partial charge in [-0.2, -0.15) is 13.2 Å². The molecule has 2 aromatic rings. The maximum Gasteiger partial charge on any atom is 0.422 e. The molecule has 24 heavy (non-hydrogen) atoms. The first-order valence-electron chi connectivity index (χ1n) is 7.11. The molecule has 0 saturated carbocycles. The molecular weight excluding hydrogens is 323 g/mol. The van der Waals surface area contributed by atoms with Gasteiger partial charge in [-0.05, 0) is 24.6 Å². The number of amides is 1. The van der Waals surface area contributed by atoms with Gasteiger partial charge >= 0.3 is 6.18 Å². The highest BCUT2D eigenvalue weighted by molar-refractivity contribution is 5.95. The molecule has 2 rings (SSSR count). The average molecular weight is 339 g/mol. The van der Waals surface area contributed by atoms with Crippen molar-refractivity contribution in [2.45, 2.75) is 19.2 Å². The molecule has 4 nitrogen and oxygen atoms in total. The van der Waals surface area contributed by atoms with E-state index in [9.17, 15) is 23.1 Å². The van der Waals surface area contributed by atoms with Crippen LogP contribution in [0.3, 0.4) is 0 Å². The van der Waals surface area contributed by atoms with Crippen LogP contribution in [-0.4, -0.2) is 23.8 Å². The van der Waals surface area contributed by atoms with E-state index in [1.807, 2.05) is 0 Å². The molecule has 0 aromatic heterocycles. The number of carbonyl (C=O) groups is 1. The molecule has 1 atom stereocenters. The second kappa shape index (κ2) is 7.35. The van der Waals surface area contributed by atoms with E-state index in [2.05, 4.69) is 5.32 Å². The molecule has 0 bridgehead atoms. The standard InChI is InChI=1S/C17H16F3NO3/c1-11-13(8-5-9-14(11)24-10-17(18,19)20)21-16(23)15(22)12-6-3-2-4-7-12/h2-9,15,22H,10H2,1H3,(H,21,23). The number of hydrogen-bond acceptors (Lipinski definition) is 3. The third-order valence-electron chi connectivity index (χ3n) is 3.30. The van der Waals surface area contributed by atoms with E-state index in [0.29, 0.717) is 11.1 Å². The number of carbonyl (C=O) groups excluding carboxylic acids is 1. The second-order valence-electron chi connectivity index (χ2n) is 5.14. The lowest BCUT2D eigenvalue weighted by molar-refractivity contribution is -0.153. The van der Waals surface area contributed by atoms with Crippen molar-refractivity contribution in [3.05, 3.63) is 59.7 Å². The molecule has 2 aromatic carbocycles. The molecule has 0 aliphatic heterocycles. The summed E-state index contributed by atoms with van der Waals surface area (Å²) in [5.41, 5.74) is 1.03. The van der Waals surface area contributed by atoms with Crippen LogP contribution >= 0.6 is 0 Å². The highest BCUT2D eigenvalue weighted by atomic mass is 19.4. The summed E-state index contributed by atoms with van der Waals surface area (Å²) in [5.74, 6) is -0.670. The van der Waals surface area contributed by atoms with Gasteiger partial charge in [0.1, 0.15) is 5.75 Å². The fourth-order valence-corrected chi connectivity index (χ4v) is 2.05. The Morgan fingerprint density at radius 2 is 1.83 bits per heavy atom. The van der Waals surface area contributed by atoms with Gasteiger partial charge in [0.15, 0.2) is 12.7 Å². The quantitative estimate of drug-likeness (QED) is 0.875. The number of rotatable bonds is 5. The average Bonchev–Trinajstić information content (AvgIpc) is 2.55. The van der Waals surface area contributed by atoms with Crippen molar-refractivity contribution in [3.63, 3.8) is 0 Å². The van der Waals surface area contributed by atoms with Crippen molar-refractivity contribution in [1.82, 2.24) is 0 Å². The van der Waals surface area contributed by atoms with E-state index in [4.69, 9.17) is 4.74 Å². The van der Waals surface area contributed by atoms with Crippen molar-refractivity contribution < 1.29 is 27.8 Å². The van der Waals surface area contributed by atoms with Crippen LogP contribution in [0.4, 0.5) is 18.9 Å². The third-order valence-corrected chi connectivity index (χ3v) is 3.30. The summed E-state index contributed by atoms with van der Waals surface area (Å²) in [5, 5.41) is 12.5. The highest BCUT2D eigenvalue weighted by Gasteiger charge is 2.29. The van der Waals surface area contributed by atoms with Crippen molar-refractivity contribution in [2.24, 2.45) is 0 Å². The molecule has 0 fully saturated rings. The van der Waals surface area contributed by atoms with E-state index in [-0.39, 0.29) is 11.4 Å². The van der Waals surface area contributed by atoms with E-state index < -0.39 is 24.8 Å². The Bertz CT molecular complexity index is 702. The van der Waals surface area contributed by atoms with Gasteiger partial charge in [0, 0.05) is 11.3 Å². The summed E-state index contributed by atoms with van der Waals surface area (Å²) < 4.78 is 41.5. The normalized spacial score (nSPS) is 12.5. The molecule has 0 heterocycles. The molecule has 1 amide bonds. The van der Waals surface area contributed by atoms with Gasteiger partial charge in [0.25, 0.3) is 5.91 Å². The largest absolute Gasteiger partial charge is 0.484 e. The monoisotopic (exact) mass is 339 g/mol. The Morgan fingerprint density at radius 3 is 2.46 bits per heavy atom. The molecular formula is C17H16F3NO3.